The van der Waals surface area contributed by atoms with Crippen molar-refractivity contribution in [1.82, 2.24) is 0 Å². The monoisotopic (exact) mass is 552 g/mol. The molecule has 0 aliphatic heterocycles. The molecule has 4 nitrogen and oxygen atoms in total. The number of hydrogen-bond acceptors (Lipinski definition) is 4. The fraction of sp³-hybridized carbons (Fsp3) is 0.375. The summed E-state index contributed by atoms with van der Waals surface area (Å²) in [5.41, 5.74) is 2.18. The maximum Gasteiger partial charge on any atom is 0.338 e. The van der Waals surface area contributed by atoms with E-state index < -0.39 is 47.4 Å². The predicted molar refractivity (Wildman–Crippen MR) is 138 cm³/mol. The van der Waals surface area contributed by atoms with Crippen LogP contribution in [0.25, 0.3) is 0 Å². The summed E-state index contributed by atoms with van der Waals surface area (Å²) in [6, 6.07) is 10.7. The molecule has 0 aromatic heterocycles. The van der Waals surface area contributed by atoms with Crippen LogP contribution in [0.4, 0.5) is 17.6 Å². The molecule has 2 saturated carbocycles. The van der Waals surface area contributed by atoms with Gasteiger partial charge in [-0.3, -0.25) is 0 Å². The topological polar surface area (TPSA) is 52.6 Å². The normalized spacial score (nSPS) is 30.4. The van der Waals surface area contributed by atoms with Gasteiger partial charge >= 0.3 is 11.9 Å². The lowest BCUT2D eigenvalue weighted by Gasteiger charge is -2.33. The number of esters is 2. The summed E-state index contributed by atoms with van der Waals surface area (Å²) in [7, 11) is 0. The molecule has 0 radical (unpaired) electrons. The van der Waals surface area contributed by atoms with Crippen LogP contribution in [0.15, 0.2) is 77.9 Å². The second-order valence-corrected chi connectivity index (χ2v) is 11.2. The Morgan fingerprint density at radius 1 is 0.725 bits per heavy atom. The van der Waals surface area contributed by atoms with Crippen LogP contribution < -0.4 is 0 Å². The summed E-state index contributed by atoms with van der Waals surface area (Å²) in [4.78, 5) is 26.3. The third kappa shape index (κ3) is 5.23. The zero-order valence-corrected chi connectivity index (χ0v) is 21.6. The summed E-state index contributed by atoms with van der Waals surface area (Å²) >= 11 is 0. The summed E-state index contributed by atoms with van der Waals surface area (Å²) in [6.07, 6.45) is 4.28. The van der Waals surface area contributed by atoms with Crippen LogP contribution in [0.5, 0.6) is 0 Å². The van der Waals surface area contributed by atoms with E-state index in [1.807, 2.05) is 12.1 Å². The minimum atomic E-state index is -0.912. The number of hydrogen-bond donors (Lipinski definition) is 0. The SMILES string of the molecule is O=C(O[C@H]1C2CC3c4ccccc4CC3CC(C2)[C@H]1OC(=O)c1cc(F)cc(F)c1)C1=CC/C(F)=C\CC(F)=C1. The predicted octanol–water partition coefficient (Wildman–Crippen LogP) is 7.22. The molecule has 2 fully saturated rings. The fourth-order valence-electron chi connectivity index (χ4n) is 7.01. The van der Waals surface area contributed by atoms with Crippen molar-refractivity contribution in [3.05, 3.63) is 106 Å². The lowest BCUT2D eigenvalue weighted by atomic mass is 9.80. The summed E-state index contributed by atoms with van der Waals surface area (Å²) in [5, 5.41) is 0. The van der Waals surface area contributed by atoms with Gasteiger partial charge in [-0.2, -0.15) is 0 Å². The highest BCUT2D eigenvalue weighted by molar-refractivity contribution is 5.92. The Morgan fingerprint density at radius 3 is 2.15 bits per heavy atom. The van der Waals surface area contributed by atoms with Gasteiger partial charge in [0, 0.05) is 30.7 Å². The summed E-state index contributed by atoms with van der Waals surface area (Å²) in [6.45, 7) is 0. The fourth-order valence-corrected chi connectivity index (χ4v) is 7.01. The zero-order valence-electron chi connectivity index (χ0n) is 21.6. The Bertz CT molecular complexity index is 1420. The van der Waals surface area contributed by atoms with Gasteiger partial charge < -0.3 is 9.47 Å². The van der Waals surface area contributed by atoms with E-state index in [-0.39, 0.29) is 41.7 Å². The van der Waals surface area contributed by atoms with Crippen molar-refractivity contribution >= 4 is 11.9 Å². The third-order valence-corrected chi connectivity index (χ3v) is 8.69. The maximum absolute atomic E-state index is 14.3. The Balaban J connectivity index is 1.30. The third-order valence-electron chi connectivity index (χ3n) is 8.69. The highest BCUT2D eigenvalue weighted by atomic mass is 19.1. The molecule has 6 rings (SSSR count). The molecular formula is C32H28F4O4. The van der Waals surface area contributed by atoms with Gasteiger partial charge in [-0.15, -0.1) is 0 Å². The Hall–Kier alpha value is -3.68. The molecule has 0 N–H and O–H groups in total. The number of carbonyl (C=O) groups is 2. The molecule has 0 saturated heterocycles. The molecule has 2 aromatic carbocycles. The van der Waals surface area contributed by atoms with Crippen molar-refractivity contribution < 1.29 is 36.6 Å². The number of fused-ring (bicyclic) bond motifs is 5. The van der Waals surface area contributed by atoms with Crippen LogP contribution >= 0.6 is 0 Å². The Kier molecular flexibility index (Phi) is 7.11. The average Bonchev–Trinajstić information content (AvgIpc) is 3.33. The lowest BCUT2D eigenvalue weighted by Crippen LogP contribution is -2.40. The largest absolute Gasteiger partial charge is 0.455 e. The molecule has 2 aromatic rings. The van der Waals surface area contributed by atoms with E-state index in [1.54, 1.807) is 0 Å². The molecule has 4 aliphatic carbocycles. The first-order chi connectivity index (χ1) is 19.2. The van der Waals surface area contributed by atoms with E-state index in [0.29, 0.717) is 24.8 Å². The molecule has 4 aliphatic rings. The standard InChI is InChI=1S/C32H28F4O4/c33-23-6-5-18(12-24(34)8-7-23)31(37)39-30-21-11-20(10-19-9-17-3-1-2-4-27(17)28(19)15-21)29(30)40-32(38)22-13-25(35)16-26(36)14-22/h1-5,7,12-14,16,19-21,28-30H,6,8-11,15H2/b18-5?,23-7+,24-12?/t19?,20?,21?,28?,29-,30+/m1/s1. The van der Waals surface area contributed by atoms with Crippen LogP contribution in [-0.4, -0.2) is 24.1 Å². The van der Waals surface area contributed by atoms with Gasteiger partial charge in [0.2, 0.25) is 0 Å². The second kappa shape index (κ2) is 10.7. The number of benzene rings is 2. The number of allylic oxidation sites excluding steroid dienone is 4. The van der Waals surface area contributed by atoms with Gasteiger partial charge in [-0.05, 0) is 72.9 Å². The minimum absolute atomic E-state index is 0.110. The molecule has 208 valence electrons. The maximum atomic E-state index is 14.3. The first-order valence-corrected chi connectivity index (χ1v) is 13.6. The highest BCUT2D eigenvalue weighted by Crippen LogP contribution is 2.54. The van der Waals surface area contributed by atoms with Gasteiger partial charge in [0.25, 0.3) is 0 Å². The van der Waals surface area contributed by atoms with Gasteiger partial charge in [0.05, 0.1) is 11.1 Å². The number of rotatable bonds is 4. The first-order valence-electron chi connectivity index (χ1n) is 13.6. The lowest BCUT2D eigenvalue weighted by molar-refractivity contribution is -0.153. The van der Waals surface area contributed by atoms with Crippen molar-refractivity contribution in [3.8, 4) is 0 Å². The van der Waals surface area contributed by atoms with E-state index in [9.17, 15) is 27.2 Å². The van der Waals surface area contributed by atoms with Crippen molar-refractivity contribution in [2.75, 3.05) is 0 Å². The second-order valence-electron chi connectivity index (χ2n) is 11.2. The van der Waals surface area contributed by atoms with Gasteiger partial charge in [0.15, 0.2) is 0 Å². The first kappa shape index (κ1) is 26.5. The average molecular weight is 553 g/mol. The van der Waals surface area contributed by atoms with Crippen LogP contribution in [-0.2, 0) is 20.7 Å². The van der Waals surface area contributed by atoms with Crippen LogP contribution in [0.3, 0.4) is 0 Å². The van der Waals surface area contributed by atoms with Crippen molar-refractivity contribution in [1.29, 1.82) is 0 Å². The summed E-state index contributed by atoms with van der Waals surface area (Å²) < 4.78 is 67.6. The van der Waals surface area contributed by atoms with Crippen molar-refractivity contribution in [3.63, 3.8) is 0 Å². The van der Waals surface area contributed by atoms with Crippen molar-refractivity contribution in [2.45, 2.75) is 56.7 Å². The van der Waals surface area contributed by atoms with E-state index in [2.05, 4.69) is 12.1 Å². The highest BCUT2D eigenvalue weighted by Gasteiger charge is 2.53. The van der Waals surface area contributed by atoms with Gasteiger partial charge in [-0.1, -0.05) is 30.3 Å². The van der Waals surface area contributed by atoms with E-state index in [1.165, 1.54) is 17.2 Å². The van der Waals surface area contributed by atoms with E-state index in [4.69, 9.17) is 9.47 Å². The zero-order chi connectivity index (χ0) is 28.0. The molecule has 0 heterocycles. The number of carbonyl (C=O) groups excluding carboxylic acids is 2. The van der Waals surface area contributed by atoms with Crippen LogP contribution in [0.1, 0.15) is 59.5 Å². The molecular weight excluding hydrogens is 524 g/mol. The smallest absolute Gasteiger partial charge is 0.338 e. The molecule has 0 spiro atoms. The van der Waals surface area contributed by atoms with E-state index in [0.717, 1.165) is 37.1 Å². The molecule has 40 heavy (non-hydrogen) atoms. The van der Waals surface area contributed by atoms with Gasteiger partial charge in [-0.25, -0.2) is 27.2 Å². The summed E-state index contributed by atoms with van der Waals surface area (Å²) in [5.74, 6) is -4.50. The molecule has 2 bridgehead atoms. The molecule has 0 amide bonds. The van der Waals surface area contributed by atoms with Crippen LogP contribution in [0.2, 0.25) is 0 Å². The molecule has 4 unspecified atom stereocenters. The minimum Gasteiger partial charge on any atom is -0.455 e. The quantitative estimate of drug-likeness (QED) is 0.297. The molecule has 8 heteroatoms. The van der Waals surface area contributed by atoms with Crippen molar-refractivity contribution in [2.24, 2.45) is 17.8 Å². The molecule has 6 atom stereocenters. The van der Waals surface area contributed by atoms with E-state index >= 15 is 0 Å². The Labute approximate surface area is 229 Å². The number of halogens is 4. The van der Waals surface area contributed by atoms with Gasteiger partial charge in [0.1, 0.15) is 35.5 Å². The van der Waals surface area contributed by atoms with Crippen LogP contribution in [0, 0.1) is 29.4 Å². The Morgan fingerprint density at radius 2 is 1.38 bits per heavy atom. The number of ether oxygens (including phenoxy) is 2.